The minimum Gasteiger partial charge on any atom is -0.363 e. The number of ketones is 2. The Bertz CT molecular complexity index is 1010. The lowest BCUT2D eigenvalue weighted by Crippen LogP contribution is -2.61. The van der Waals surface area contributed by atoms with Crippen LogP contribution < -0.4 is 21.7 Å². The van der Waals surface area contributed by atoms with Gasteiger partial charge in [-0.05, 0) is 30.1 Å². The zero-order valence-electron chi connectivity index (χ0n) is 24.3. The number of nitrogens with zero attached hydrogens (tertiary/aromatic N) is 1. The Morgan fingerprint density at radius 1 is 1.00 bits per heavy atom. The van der Waals surface area contributed by atoms with Gasteiger partial charge in [-0.25, -0.2) is 4.79 Å². The highest BCUT2D eigenvalue weighted by atomic mass is 16.2. The Morgan fingerprint density at radius 2 is 1.59 bits per heavy atom. The van der Waals surface area contributed by atoms with E-state index < -0.39 is 59.1 Å². The normalized spacial score (nSPS) is 19.9. The van der Waals surface area contributed by atoms with Crippen LogP contribution in [0.3, 0.4) is 0 Å². The summed E-state index contributed by atoms with van der Waals surface area (Å²) in [5.41, 5.74) is 5.09. The first-order chi connectivity index (χ1) is 17.9. The second-order valence-electron chi connectivity index (χ2n) is 12.6. The maximum Gasteiger partial charge on any atom is 0.316 e. The van der Waals surface area contributed by atoms with E-state index in [0.717, 1.165) is 12.8 Å². The molecule has 0 aromatic carbocycles. The second-order valence-corrected chi connectivity index (χ2v) is 12.6. The van der Waals surface area contributed by atoms with Gasteiger partial charge in [0.15, 0.2) is 5.78 Å². The molecule has 1 aliphatic carbocycles. The van der Waals surface area contributed by atoms with E-state index in [4.69, 9.17) is 5.73 Å². The summed E-state index contributed by atoms with van der Waals surface area (Å²) in [5, 5.41) is 8.07. The van der Waals surface area contributed by atoms with Crippen LogP contribution in [0.2, 0.25) is 0 Å². The van der Waals surface area contributed by atoms with Crippen molar-refractivity contribution in [2.24, 2.45) is 28.9 Å². The average Bonchev–Trinajstić information content (AvgIpc) is 3.55. The van der Waals surface area contributed by atoms with Gasteiger partial charge in [0.05, 0.1) is 12.1 Å². The number of nitrogens with two attached hydrogens (primary N) is 1. The van der Waals surface area contributed by atoms with Crippen molar-refractivity contribution >= 4 is 35.3 Å². The Kier molecular flexibility index (Phi) is 10.4. The summed E-state index contributed by atoms with van der Waals surface area (Å²) in [6, 6.07) is -4.44. The van der Waals surface area contributed by atoms with Crippen molar-refractivity contribution in [1.82, 2.24) is 20.9 Å². The zero-order chi connectivity index (χ0) is 29.8. The smallest absolute Gasteiger partial charge is 0.316 e. The summed E-state index contributed by atoms with van der Waals surface area (Å²) in [7, 11) is 0. The minimum atomic E-state index is -1.12. The molecule has 0 aromatic heterocycles. The summed E-state index contributed by atoms with van der Waals surface area (Å²) in [6.45, 7) is 16.6. The number of Topliss-reactive ketones (excluding diaryl/α,β-unsaturated/α-hetero) is 2. The number of primary amides is 1. The molecular weight excluding hydrogens is 502 g/mol. The maximum atomic E-state index is 13.8. The first kappa shape index (κ1) is 32.0. The van der Waals surface area contributed by atoms with Gasteiger partial charge in [0.1, 0.15) is 12.1 Å². The molecule has 0 radical (unpaired) electrons. The highest BCUT2D eigenvalue weighted by molar-refractivity contribution is 6.37. The molecule has 11 heteroatoms. The number of rotatable bonds is 12. The summed E-state index contributed by atoms with van der Waals surface area (Å²) in [5.74, 6) is -3.38. The van der Waals surface area contributed by atoms with Crippen molar-refractivity contribution in [3.8, 4) is 0 Å². The molecule has 4 atom stereocenters. The molecule has 5 N–H and O–H groups in total. The predicted molar refractivity (Wildman–Crippen MR) is 146 cm³/mol. The molecular formula is C28H45N5O6. The highest BCUT2D eigenvalue weighted by Crippen LogP contribution is 2.34. The topological polar surface area (TPSA) is 168 Å². The fourth-order valence-electron chi connectivity index (χ4n) is 4.68. The van der Waals surface area contributed by atoms with Crippen LogP contribution >= 0.6 is 0 Å². The number of hydrogen-bond acceptors (Lipinski definition) is 6. The number of carbonyl (C=O) groups is 6. The summed E-state index contributed by atoms with van der Waals surface area (Å²) < 4.78 is 0. The van der Waals surface area contributed by atoms with Crippen molar-refractivity contribution in [3.05, 3.63) is 12.2 Å². The largest absolute Gasteiger partial charge is 0.363 e. The number of urea groups is 1. The molecule has 5 amide bonds. The van der Waals surface area contributed by atoms with Crippen molar-refractivity contribution in [1.29, 1.82) is 0 Å². The van der Waals surface area contributed by atoms with Gasteiger partial charge < -0.3 is 26.6 Å². The van der Waals surface area contributed by atoms with Crippen LogP contribution in [0, 0.1) is 23.2 Å². The molecule has 0 spiro atoms. The SMILES string of the molecule is C=C1C[C@@H](C(=O)NC(CC2CC2)C(=O)C(N)=O)N(C(=O)[C@@H](NC(=O)N[C@H](C(=O)C(C)C)C(C)C)C(C)(C)C)C1. The van der Waals surface area contributed by atoms with E-state index in [1.165, 1.54) is 4.90 Å². The van der Waals surface area contributed by atoms with Crippen LogP contribution in [-0.2, 0) is 24.0 Å². The van der Waals surface area contributed by atoms with Gasteiger partial charge in [0.25, 0.3) is 5.91 Å². The summed E-state index contributed by atoms with van der Waals surface area (Å²) in [6.07, 6.45) is 2.31. The van der Waals surface area contributed by atoms with Crippen molar-refractivity contribution in [2.75, 3.05) is 6.54 Å². The predicted octanol–water partition coefficient (Wildman–Crippen LogP) is 1.45. The molecule has 39 heavy (non-hydrogen) atoms. The van der Waals surface area contributed by atoms with Crippen LogP contribution in [0.25, 0.3) is 0 Å². The van der Waals surface area contributed by atoms with Gasteiger partial charge in [0, 0.05) is 12.5 Å². The van der Waals surface area contributed by atoms with E-state index in [0.29, 0.717) is 12.0 Å². The number of nitrogens with one attached hydrogen (secondary N) is 3. The third-order valence-corrected chi connectivity index (χ3v) is 7.20. The summed E-state index contributed by atoms with van der Waals surface area (Å²) >= 11 is 0. The monoisotopic (exact) mass is 547 g/mol. The number of carbonyl (C=O) groups excluding carboxylic acids is 6. The van der Waals surface area contributed by atoms with E-state index in [-0.39, 0.29) is 36.5 Å². The third-order valence-electron chi connectivity index (χ3n) is 7.20. The van der Waals surface area contributed by atoms with Gasteiger partial charge in [-0.1, -0.05) is 73.5 Å². The molecule has 1 aliphatic heterocycles. The van der Waals surface area contributed by atoms with E-state index in [2.05, 4.69) is 22.5 Å². The van der Waals surface area contributed by atoms with E-state index in [1.54, 1.807) is 34.6 Å². The minimum absolute atomic E-state index is 0.101. The Hall–Kier alpha value is -3.24. The Balaban J connectivity index is 2.23. The molecule has 1 heterocycles. The molecule has 1 saturated heterocycles. The average molecular weight is 548 g/mol. The standard InChI is InChI=1S/C28H45N5O6/c1-14(2)20(21(34)15(3)4)31-27(39)32-23(28(6,7)8)26(38)33-13-16(5)11-19(33)25(37)30-18(12-17-9-10-17)22(35)24(29)36/h14-15,17-20,23H,5,9-13H2,1-4,6-8H3,(H2,29,36)(H,30,37)(H2,31,32,39)/t18?,19-,20-,23+/m0/s1. The number of likely N-dealkylation sites (tertiary alicyclic amines) is 1. The molecule has 0 aromatic rings. The van der Waals surface area contributed by atoms with E-state index >= 15 is 0 Å². The fraction of sp³-hybridized carbons (Fsp3) is 0.714. The Labute approximate surface area is 231 Å². The van der Waals surface area contributed by atoms with E-state index in [9.17, 15) is 28.8 Å². The van der Waals surface area contributed by atoms with Crippen LogP contribution in [0.5, 0.6) is 0 Å². The Morgan fingerprint density at radius 3 is 2.05 bits per heavy atom. The molecule has 11 nitrogen and oxygen atoms in total. The van der Waals surface area contributed by atoms with Crippen LogP contribution in [0.4, 0.5) is 4.79 Å². The van der Waals surface area contributed by atoms with Crippen molar-refractivity contribution < 1.29 is 28.8 Å². The molecule has 0 bridgehead atoms. The van der Waals surface area contributed by atoms with Gasteiger partial charge in [0.2, 0.25) is 17.6 Å². The van der Waals surface area contributed by atoms with E-state index in [1.807, 2.05) is 13.8 Å². The second kappa shape index (κ2) is 12.7. The fourth-order valence-corrected chi connectivity index (χ4v) is 4.68. The van der Waals surface area contributed by atoms with Gasteiger partial charge in [-0.2, -0.15) is 0 Å². The number of amides is 5. The molecule has 2 fully saturated rings. The summed E-state index contributed by atoms with van der Waals surface area (Å²) in [4.78, 5) is 78.0. The van der Waals surface area contributed by atoms with Crippen molar-refractivity contribution in [3.63, 3.8) is 0 Å². The van der Waals surface area contributed by atoms with Crippen LogP contribution in [-0.4, -0.2) is 70.9 Å². The molecule has 218 valence electrons. The van der Waals surface area contributed by atoms with Gasteiger partial charge in [-0.15, -0.1) is 0 Å². The third kappa shape index (κ3) is 8.63. The molecule has 1 saturated carbocycles. The van der Waals surface area contributed by atoms with Crippen LogP contribution in [0.1, 0.15) is 74.1 Å². The lowest BCUT2D eigenvalue weighted by molar-refractivity contribution is -0.143. The first-order valence-corrected chi connectivity index (χ1v) is 13.7. The lowest BCUT2D eigenvalue weighted by atomic mass is 9.85. The lowest BCUT2D eigenvalue weighted by Gasteiger charge is -2.36. The van der Waals surface area contributed by atoms with Crippen molar-refractivity contribution in [2.45, 2.75) is 98.3 Å². The first-order valence-electron chi connectivity index (χ1n) is 13.7. The quantitative estimate of drug-likeness (QED) is 0.213. The van der Waals surface area contributed by atoms with Gasteiger partial charge in [-0.3, -0.25) is 24.0 Å². The molecule has 1 unspecified atom stereocenters. The number of hydrogen-bond donors (Lipinski definition) is 4. The maximum absolute atomic E-state index is 13.8. The highest BCUT2D eigenvalue weighted by Gasteiger charge is 2.44. The molecule has 2 aliphatic rings. The van der Waals surface area contributed by atoms with Gasteiger partial charge >= 0.3 is 6.03 Å². The van der Waals surface area contributed by atoms with Crippen LogP contribution in [0.15, 0.2) is 12.2 Å². The molecule has 2 rings (SSSR count). The zero-order valence-corrected chi connectivity index (χ0v) is 24.3.